The van der Waals surface area contributed by atoms with Crippen LogP contribution in [0.5, 0.6) is 0 Å². The lowest BCUT2D eigenvalue weighted by Crippen LogP contribution is -2.32. The molecule has 0 spiro atoms. The summed E-state index contributed by atoms with van der Waals surface area (Å²) in [5.74, 6) is 0.0117. The highest BCUT2D eigenvalue weighted by Gasteiger charge is 2.08. The van der Waals surface area contributed by atoms with Crippen molar-refractivity contribution in [3.8, 4) is 0 Å². The van der Waals surface area contributed by atoms with Crippen molar-refractivity contribution >= 4 is 18.3 Å². The number of halogens is 1. The van der Waals surface area contributed by atoms with E-state index < -0.39 is 0 Å². The van der Waals surface area contributed by atoms with Crippen molar-refractivity contribution in [2.75, 3.05) is 6.54 Å². The quantitative estimate of drug-likeness (QED) is 0.763. The normalized spacial score (nSPS) is 11.4. The fraction of sp³-hybridized carbons (Fsp3) is 0.350. The molecule has 1 unspecified atom stereocenters. The van der Waals surface area contributed by atoms with Gasteiger partial charge in [-0.15, -0.1) is 12.4 Å². The third-order valence-electron chi connectivity index (χ3n) is 3.95. The van der Waals surface area contributed by atoms with Gasteiger partial charge in [0.05, 0.1) is 6.42 Å². The van der Waals surface area contributed by atoms with Gasteiger partial charge in [0.25, 0.3) is 0 Å². The number of aryl methyl sites for hydroxylation is 1. The SMILES string of the molecule is CCCCc1ccc(CC(=O)NCC(N)c2ccccc2)cc1.Cl. The molecule has 0 aliphatic rings. The minimum absolute atomic E-state index is 0. The smallest absolute Gasteiger partial charge is 0.224 e. The second-order valence-electron chi connectivity index (χ2n) is 5.92. The average molecular weight is 347 g/mol. The molecule has 0 heterocycles. The van der Waals surface area contributed by atoms with Crippen LogP contribution >= 0.6 is 12.4 Å². The molecule has 1 atom stereocenters. The largest absolute Gasteiger partial charge is 0.354 e. The summed E-state index contributed by atoms with van der Waals surface area (Å²) in [6.07, 6.45) is 3.91. The minimum atomic E-state index is -0.170. The second-order valence-corrected chi connectivity index (χ2v) is 5.92. The zero-order valence-corrected chi connectivity index (χ0v) is 15.0. The molecular formula is C20H27ClN2O. The van der Waals surface area contributed by atoms with Gasteiger partial charge in [-0.1, -0.05) is 67.9 Å². The molecule has 0 saturated heterocycles. The van der Waals surface area contributed by atoms with Crippen molar-refractivity contribution in [3.05, 3.63) is 71.3 Å². The molecule has 1 amide bonds. The van der Waals surface area contributed by atoms with Gasteiger partial charge in [0.15, 0.2) is 0 Å². The van der Waals surface area contributed by atoms with Gasteiger partial charge >= 0.3 is 0 Å². The molecule has 24 heavy (non-hydrogen) atoms. The van der Waals surface area contributed by atoms with E-state index in [-0.39, 0.29) is 24.4 Å². The van der Waals surface area contributed by atoms with Crippen LogP contribution in [0.2, 0.25) is 0 Å². The van der Waals surface area contributed by atoms with E-state index in [4.69, 9.17) is 5.73 Å². The molecule has 130 valence electrons. The van der Waals surface area contributed by atoms with Crippen LogP contribution in [0.4, 0.5) is 0 Å². The van der Waals surface area contributed by atoms with E-state index in [9.17, 15) is 4.79 Å². The number of amides is 1. The van der Waals surface area contributed by atoms with Crippen LogP contribution in [-0.4, -0.2) is 12.5 Å². The van der Waals surface area contributed by atoms with Gasteiger partial charge in [-0.25, -0.2) is 0 Å². The van der Waals surface area contributed by atoms with Crippen molar-refractivity contribution < 1.29 is 4.79 Å². The van der Waals surface area contributed by atoms with Gasteiger partial charge in [-0.2, -0.15) is 0 Å². The monoisotopic (exact) mass is 346 g/mol. The molecule has 0 radical (unpaired) electrons. The van der Waals surface area contributed by atoms with Crippen LogP contribution in [0.1, 0.15) is 42.5 Å². The van der Waals surface area contributed by atoms with E-state index in [1.165, 1.54) is 18.4 Å². The van der Waals surface area contributed by atoms with Gasteiger partial charge in [0.1, 0.15) is 0 Å². The zero-order chi connectivity index (χ0) is 16.5. The van der Waals surface area contributed by atoms with Crippen LogP contribution in [0, 0.1) is 0 Å². The lowest BCUT2D eigenvalue weighted by Gasteiger charge is -2.13. The fourth-order valence-electron chi connectivity index (χ4n) is 2.49. The average Bonchev–Trinajstić information content (AvgIpc) is 2.60. The standard InChI is InChI=1S/C20H26N2O.ClH/c1-2-3-7-16-10-12-17(13-11-16)14-20(23)22-15-19(21)18-8-5-4-6-9-18;/h4-6,8-13,19H,2-3,7,14-15,21H2,1H3,(H,22,23);1H. The first-order chi connectivity index (χ1) is 11.2. The van der Waals surface area contributed by atoms with Gasteiger partial charge in [-0.3, -0.25) is 4.79 Å². The summed E-state index contributed by atoms with van der Waals surface area (Å²) in [5, 5.41) is 2.91. The van der Waals surface area contributed by atoms with Crippen molar-refractivity contribution in [2.45, 2.75) is 38.6 Å². The Labute approximate surface area is 151 Å². The number of hydrogen-bond donors (Lipinski definition) is 2. The van der Waals surface area contributed by atoms with E-state index >= 15 is 0 Å². The summed E-state index contributed by atoms with van der Waals surface area (Å²) in [5.41, 5.74) is 9.50. The van der Waals surface area contributed by atoms with E-state index in [0.29, 0.717) is 13.0 Å². The highest BCUT2D eigenvalue weighted by molar-refractivity contribution is 5.85. The Morgan fingerprint density at radius 2 is 1.67 bits per heavy atom. The van der Waals surface area contributed by atoms with Crippen LogP contribution < -0.4 is 11.1 Å². The molecule has 4 heteroatoms. The number of hydrogen-bond acceptors (Lipinski definition) is 2. The molecule has 0 aliphatic heterocycles. The maximum Gasteiger partial charge on any atom is 0.224 e. The van der Waals surface area contributed by atoms with E-state index in [2.05, 4.69) is 24.4 Å². The summed E-state index contributed by atoms with van der Waals surface area (Å²) in [7, 11) is 0. The first-order valence-corrected chi connectivity index (χ1v) is 8.34. The third kappa shape index (κ3) is 6.73. The zero-order valence-electron chi connectivity index (χ0n) is 14.2. The molecule has 3 nitrogen and oxygen atoms in total. The van der Waals surface area contributed by atoms with Gasteiger partial charge < -0.3 is 11.1 Å². The lowest BCUT2D eigenvalue weighted by molar-refractivity contribution is -0.120. The Balaban J connectivity index is 0.00000288. The predicted molar refractivity (Wildman–Crippen MR) is 102 cm³/mol. The van der Waals surface area contributed by atoms with Gasteiger partial charge in [-0.05, 0) is 29.5 Å². The summed E-state index contributed by atoms with van der Waals surface area (Å²) in [6, 6.07) is 18.0. The first kappa shape index (κ1) is 20.2. The molecule has 0 fully saturated rings. The molecular weight excluding hydrogens is 320 g/mol. The number of carbonyl (C=O) groups is 1. The van der Waals surface area contributed by atoms with Crippen molar-refractivity contribution in [1.82, 2.24) is 5.32 Å². The highest BCUT2D eigenvalue weighted by Crippen LogP contribution is 2.10. The molecule has 0 saturated carbocycles. The molecule has 2 aromatic rings. The Morgan fingerprint density at radius 1 is 1.04 bits per heavy atom. The lowest BCUT2D eigenvalue weighted by atomic mass is 10.0. The van der Waals surface area contributed by atoms with Gasteiger partial charge in [0.2, 0.25) is 5.91 Å². The number of unbranched alkanes of at least 4 members (excludes halogenated alkanes) is 1. The minimum Gasteiger partial charge on any atom is -0.354 e. The van der Waals surface area contributed by atoms with E-state index in [1.807, 2.05) is 42.5 Å². The molecule has 3 N–H and O–H groups in total. The van der Waals surface area contributed by atoms with Crippen molar-refractivity contribution in [3.63, 3.8) is 0 Å². The van der Waals surface area contributed by atoms with Crippen molar-refractivity contribution in [1.29, 1.82) is 0 Å². The molecule has 0 aliphatic carbocycles. The number of nitrogens with two attached hydrogens (primary N) is 1. The summed E-state index contributed by atoms with van der Waals surface area (Å²) in [4.78, 5) is 12.0. The van der Waals surface area contributed by atoms with E-state index in [1.54, 1.807) is 0 Å². The van der Waals surface area contributed by atoms with E-state index in [0.717, 1.165) is 17.5 Å². The molecule has 0 aromatic heterocycles. The van der Waals surface area contributed by atoms with Crippen LogP contribution in [0.25, 0.3) is 0 Å². The summed E-state index contributed by atoms with van der Waals surface area (Å²) >= 11 is 0. The van der Waals surface area contributed by atoms with Crippen LogP contribution in [-0.2, 0) is 17.6 Å². The number of rotatable bonds is 8. The molecule has 2 rings (SSSR count). The maximum absolute atomic E-state index is 12.0. The number of nitrogens with one attached hydrogen (secondary N) is 1. The topological polar surface area (TPSA) is 55.1 Å². The molecule has 2 aromatic carbocycles. The second kappa shape index (κ2) is 10.8. The highest BCUT2D eigenvalue weighted by atomic mass is 35.5. The van der Waals surface area contributed by atoms with Crippen LogP contribution in [0.15, 0.2) is 54.6 Å². The Kier molecular flexibility index (Phi) is 9.13. The Hall–Kier alpha value is -1.84. The van der Waals surface area contributed by atoms with Crippen LogP contribution in [0.3, 0.4) is 0 Å². The molecule has 0 bridgehead atoms. The number of benzene rings is 2. The first-order valence-electron chi connectivity index (χ1n) is 8.34. The maximum atomic E-state index is 12.0. The Bertz CT molecular complexity index is 599. The third-order valence-corrected chi connectivity index (χ3v) is 3.95. The predicted octanol–water partition coefficient (Wildman–Crippen LogP) is 3.81. The van der Waals surface area contributed by atoms with Crippen molar-refractivity contribution in [2.24, 2.45) is 5.73 Å². The summed E-state index contributed by atoms with van der Waals surface area (Å²) < 4.78 is 0. The summed E-state index contributed by atoms with van der Waals surface area (Å²) in [6.45, 7) is 2.65. The Morgan fingerprint density at radius 3 is 2.29 bits per heavy atom. The fourth-order valence-corrected chi connectivity index (χ4v) is 2.49. The van der Waals surface area contributed by atoms with Gasteiger partial charge in [0, 0.05) is 12.6 Å². The number of carbonyl (C=O) groups excluding carboxylic acids is 1.